The van der Waals surface area contributed by atoms with E-state index in [4.69, 9.17) is 23.9 Å². The van der Waals surface area contributed by atoms with Crippen molar-refractivity contribution in [2.75, 3.05) is 6.61 Å². The van der Waals surface area contributed by atoms with Gasteiger partial charge in [0.2, 0.25) is 18.0 Å². The monoisotopic (exact) mass is 459 g/mol. The largest absolute Gasteiger partial charge is 0.475 e. The molecule has 2 aliphatic rings. The summed E-state index contributed by atoms with van der Waals surface area (Å²) in [6.07, 6.45) is -11.8. The molecule has 0 bridgehead atoms. The summed E-state index contributed by atoms with van der Waals surface area (Å²) < 4.78 is 49.5. The fourth-order valence-corrected chi connectivity index (χ4v) is 3.11. The van der Waals surface area contributed by atoms with E-state index in [9.17, 15) is 38.4 Å². The molecule has 8 atom stereocenters. The van der Waals surface area contributed by atoms with Crippen LogP contribution in [0.3, 0.4) is 0 Å². The van der Waals surface area contributed by atoms with Gasteiger partial charge >= 0.3 is 16.4 Å². The number of aliphatic hydroxyl groups excluding tert-OH is 4. The number of amides is 1. The van der Waals surface area contributed by atoms with Crippen LogP contribution >= 0.6 is 0 Å². The predicted molar refractivity (Wildman–Crippen MR) is 89.5 cm³/mol. The SMILES string of the molecule is CC(=O)N[C@@H]1[C@@H](O[C@@H]2OC(C(=O)O)=C[C@H](O)[C@H]2O)[C@@H](O)[C@@H](COS(=O)(=O)O)O[C@H]1O. The van der Waals surface area contributed by atoms with Gasteiger partial charge in [0.25, 0.3) is 0 Å². The van der Waals surface area contributed by atoms with Crippen LogP contribution in [0.25, 0.3) is 0 Å². The Kier molecular flexibility index (Phi) is 7.72. The highest BCUT2D eigenvalue weighted by molar-refractivity contribution is 7.80. The number of carbonyl (C=O) groups excluding carboxylic acids is 1. The molecule has 0 saturated carbocycles. The lowest BCUT2D eigenvalue weighted by Crippen LogP contribution is -2.66. The van der Waals surface area contributed by atoms with Gasteiger partial charge in [-0.1, -0.05) is 0 Å². The van der Waals surface area contributed by atoms with Gasteiger partial charge in [0.05, 0.1) is 6.61 Å². The quantitative estimate of drug-likeness (QED) is 0.179. The lowest BCUT2D eigenvalue weighted by molar-refractivity contribution is -0.301. The lowest BCUT2D eigenvalue weighted by Gasteiger charge is -2.44. The van der Waals surface area contributed by atoms with Gasteiger partial charge in [0.15, 0.2) is 6.29 Å². The Morgan fingerprint density at radius 2 is 1.83 bits per heavy atom. The Bertz CT molecular complexity index is 784. The number of nitrogens with one attached hydrogen (secondary N) is 1. The van der Waals surface area contributed by atoms with Gasteiger partial charge in [-0.3, -0.25) is 9.35 Å². The fourth-order valence-electron chi connectivity index (χ4n) is 2.81. The van der Waals surface area contributed by atoms with E-state index in [1.165, 1.54) is 0 Å². The molecule has 0 unspecified atom stereocenters. The molecular weight excluding hydrogens is 438 g/mol. The number of hydrogen-bond acceptors (Lipinski definition) is 12. The highest BCUT2D eigenvalue weighted by atomic mass is 32.3. The summed E-state index contributed by atoms with van der Waals surface area (Å²) in [5, 5.41) is 51.7. The molecule has 0 radical (unpaired) electrons. The van der Waals surface area contributed by atoms with Crippen LogP contribution in [-0.2, 0) is 38.4 Å². The summed E-state index contributed by atoms with van der Waals surface area (Å²) in [7, 11) is -4.93. The first-order chi connectivity index (χ1) is 13.8. The van der Waals surface area contributed by atoms with Gasteiger partial charge in [0, 0.05) is 6.92 Å². The number of rotatable bonds is 7. The van der Waals surface area contributed by atoms with Crippen LogP contribution in [0.2, 0.25) is 0 Å². The molecule has 0 spiro atoms. The molecule has 15 nitrogen and oxygen atoms in total. The van der Waals surface area contributed by atoms with Gasteiger partial charge in [-0.15, -0.1) is 0 Å². The molecule has 1 fully saturated rings. The van der Waals surface area contributed by atoms with Crippen LogP contribution in [0.5, 0.6) is 0 Å². The van der Waals surface area contributed by atoms with Crippen molar-refractivity contribution < 1.29 is 66.5 Å². The smallest absolute Gasteiger partial charge is 0.397 e. The Hall–Kier alpha value is -1.89. The van der Waals surface area contributed by atoms with Crippen LogP contribution in [0, 0.1) is 0 Å². The van der Waals surface area contributed by atoms with E-state index in [-0.39, 0.29) is 0 Å². The van der Waals surface area contributed by atoms with Crippen LogP contribution in [0.4, 0.5) is 0 Å². The standard InChI is InChI=1S/C14H21NO14S/c1-4(16)15-8-11(10(19)7(27-13(8)22)3-26-30(23,24)25)29-14-9(18)5(17)2-6(28-14)12(20)21/h2,5,7-11,13-14,17-19,22H,3H2,1H3,(H,15,16)(H,20,21)(H,23,24,25)/t5-,7+,8+,9+,10-,11+,13+,14-/m0/s1. The molecule has 2 heterocycles. The summed E-state index contributed by atoms with van der Waals surface area (Å²) in [6, 6.07) is -1.49. The molecule has 2 aliphatic heterocycles. The molecule has 0 aliphatic carbocycles. The zero-order valence-electron chi connectivity index (χ0n) is 15.3. The van der Waals surface area contributed by atoms with Gasteiger partial charge < -0.3 is 45.1 Å². The third kappa shape index (κ3) is 6.06. The molecule has 2 rings (SSSR count). The van der Waals surface area contributed by atoms with Crippen LogP contribution < -0.4 is 5.32 Å². The van der Waals surface area contributed by atoms with Crippen LogP contribution in [-0.4, -0.2) is 106 Å². The number of ether oxygens (including phenoxy) is 3. The molecule has 7 N–H and O–H groups in total. The van der Waals surface area contributed by atoms with Crippen molar-refractivity contribution in [3.8, 4) is 0 Å². The first kappa shape index (κ1) is 24.4. The number of hydrogen-bond donors (Lipinski definition) is 7. The molecule has 0 aromatic rings. The minimum absolute atomic E-state index is 0.702. The Labute approximate surface area is 169 Å². The van der Waals surface area contributed by atoms with Crippen LogP contribution in [0.15, 0.2) is 11.8 Å². The number of aliphatic hydroxyl groups is 4. The fraction of sp³-hybridized carbons (Fsp3) is 0.714. The number of carbonyl (C=O) groups is 2. The van der Waals surface area contributed by atoms with Gasteiger partial charge in [-0.25, -0.2) is 8.98 Å². The Morgan fingerprint density at radius 3 is 2.37 bits per heavy atom. The third-order valence-electron chi connectivity index (χ3n) is 4.14. The van der Waals surface area contributed by atoms with Crippen molar-refractivity contribution in [1.82, 2.24) is 5.32 Å². The van der Waals surface area contributed by atoms with Crippen LogP contribution in [0.1, 0.15) is 6.92 Å². The summed E-state index contributed by atoms with van der Waals surface area (Å²) in [6.45, 7) is 0.0887. The lowest BCUT2D eigenvalue weighted by atomic mass is 9.96. The van der Waals surface area contributed by atoms with Crippen molar-refractivity contribution in [3.63, 3.8) is 0 Å². The topological polar surface area (TPSA) is 239 Å². The van der Waals surface area contributed by atoms with Gasteiger partial charge in [-0.2, -0.15) is 8.42 Å². The minimum atomic E-state index is -4.93. The maximum atomic E-state index is 11.4. The van der Waals surface area contributed by atoms with E-state index in [0.717, 1.165) is 6.92 Å². The van der Waals surface area contributed by atoms with E-state index >= 15 is 0 Å². The van der Waals surface area contributed by atoms with E-state index in [1.54, 1.807) is 0 Å². The maximum absolute atomic E-state index is 11.4. The number of aliphatic carboxylic acids is 1. The molecule has 172 valence electrons. The second-order valence-corrected chi connectivity index (χ2v) is 7.49. The molecule has 0 aromatic carbocycles. The van der Waals surface area contributed by atoms with E-state index in [0.29, 0.717) is 6.08 Å². The number of carboxylic acid groups (broad SMARTS) is 1. The van der Waals surface area contributed by atoms with Crippen molar-refractivity contribution in [2.45, 2.75) is 56.1 Å². The Morgan fingerprint density at radius 1 is 1.20 bits per heavy atom. The normalized spacial score (nSPS) is 37.1. The summed E-state index contributed by atoms with van der Waals surface area (Å²) in [5.41, 5.74) is 0. The highest BCUT2D eigenvalue weighted by Crippen LogP contribution is 2.28. The van der Waals surface area contributed by atoms with Crippen molar-refractivity contribution in [2.24, 2.45) is 0 Å². The molecule has 1 amide bonds. The molecule has 0 aromatic heterocycles. The first-order valence-electron chi connectivity index (χ1n) is 8.34. The second kappa shape index (κ2) is 9.50. The highest BCUT2D eigenvalue weighted by Gasteiger charge is 2.49. The zero-order chi connectivity index (χ0) is 22.8. The van der Waals surface area contributed by atoms with Crippen molar-refractivity contribution >= 4 is 22.3 Å². The third-order valence-corrected chi connectivity index (χ3v) is 4.57. The van der Waals surface area contributed by atoms with E-state index in [2.05, 4.69) is 9.50 Å². The van der Waals surface area contributed by atoms with E-state index < -0.39 is 83.8 Å². The first-order valence-corrected chi connectivity index (χ1v) is 9.70. The minimum Gasteiger partial charge on any atom is -0.475 e. The van der Waals surface area contributed by atoms with Gasteiger partial charge in [-0.05, 0) is 6.08 Å². The predicted octanol–water partition coefficient (Wildman–Crippen LogP) is -4.18. The van der Waals surface area contributed by atoms with Crippen molar-refractivity contribution in [3.05, 3.63) is 11.8 Å². The van der Waals surface area contributed by atoms with Gasteiger partial charge in [0.1, 0.15) is 36.6 Å². The summed E-state index contributed by atoms with van der Waals surface area (Å²) in [5.74, 6) is -3.07. The second-order valence-electron chi connectivity index (χ2n) is 6.40. The average Bonchev–Trinajstić information content (AvgIpc) is 2.61. The molecule has 30 heavy (non-hydrogen) atoms. The summed E-state index contributed by atoms with van der Waals surface area (Å²) in [4.78, 5) is 22.5. The maximum Gasteiger partial charge on any atom is 0.397 e. The van der Waals surface area contributed by atoms with Crippen molar-refractivity contribution in [1.29, 1.82) is 0 Å². The zero-order valence-corrected chi connectivity index (χ0v) is 16.1. The molecule has 16 heteroatoms. The number of carboxylic acids is 1. The Balaban J connectivity index is 2.26. The molecule has 1 saturated heterocycles. The average molecular weight is 459 g/mol. The van der Waals surface area contributed by atoms with E-state index in [1.807, 2.05) is 0 Å². The molecular formula is C14H21NO14S. The summed E-state index contributed by atoms with van der Waals surface area (Å²) >= 11 is 0.